The lowest BCUT2D eigenvalue weighted by molar-refractivity contribution is -0.133. The zero-order valence-electron chi connectivity index (χ0n) is 6.32. The summed E-state index contributed by atoms with van der Waals surface area (Å²) in [4.78, 5) is 10.3. The van der Waals surface area contributed by atoms with E-state index < -0.39 is 12.1 Å². The highest BCUT2D eigenvalue weighted by Crippen LogP contribution is 2.05. The molecule has 11 heavy (non-hydrogen) atoms. The van der Waals surface area contributed by atoms with Crippen LogP contribution in [-0.4, -0.2) is 34.0 Å². The maximum Gasteiger partial charge on any atom is 0.333 e. The van der Waals surface area contributed by atoms with Crippen molar-refractivity contribution in [1.82, 2.24) is 0 Å². The lowest BCUT2D eigenvalue weighted by atomic mass is 10.1. The Bertz CT molecular complexity index is 162. The molecule has 0 aliphatic rings. The van der Waals surface area contributed by atoms with Gasteiger partial charge in [0.2, 0.25) is 0 Å². The van der Waals surface area contributed by atoms with Crippen LogP contribution in [0, 0.1) is 0 Å². The predicted molar refractivity (Wildman–Crippen MR) is 39.1 cm³/mol. The van der Waals surface area contributed by atoms with Gasteiger partial charge in [-0.05, 0) is 6.92 Å². The number of hydrogen-bond donors (Lipinski definition) is 3. The van der Waals surface area contributed by atoms with Crippen molar-refractivity contribution in [2.24, 2.45) is 0 Å². The zero-order chi connectivity index (χ0) is 8.85. The summed E-state index contributed by atoms with van der Waals surface area (Å²) in [6.45, 7) is 1.32. The minimum Gasteiger partial charge on any atom is -0.478 e. The second-order valence-electron chi connectivity index (χ2n) is 2.08. The third kappa shape index (κ3) is 3.15. The Hall–Kier alpha value is -0.870. The maximum absolute atomic E-state index is 10.3. The van der Waals surface area contributed by atoms with Crippen molar-refractivity contribution in [3.63, 3.8) is 0 Å². The van der Waals surface area contributed by atoms with Gasteiger partial charge in [-0.15, -0.1) is 0 Å². The summed E-state index contributed by atoms with van der Waals surface area (Å²) in [5, 5.41) is 25.9. The van der Waals surface area contributed by atoms with E-state index in [0.717, 1.165) is 0 Å². The van der Waals surface area contributed by atoms with Crippen LogP contribution < -0.4 is 0 Å². The summed E-state index contributed by atoms with van der Waals surface area (Å²) in [5.41, 5.74) is -0.0703. The molecular weight excluding hydrogens is 148 g/mol. The Kier molecular flexibility index (Phi) is 4.49. The number of carboxylic acid groups (broad SMARTS) is 1. The molecule has 0 bridgehead atoms. The fourth-order valence-electron chi connectivity index (χ4n) is 0.736. The summed E-state index contributed by atoms with van der Waals surface area (Å²) in [5.74, 6) is -1.14. The molecule has 0 aromatic carbocycles. The predicted octanol–water partition coefficient (Wildman–Crippen LogP) is -0.239. The number of allylic oxidation sites excluding steroid dienone is 1. The van der Waals surface area contributed by atoms with Gasteiger partial charge in [-0.2, -0.15) is 0 Å². The largest absolute Gasteiger partial charge is 0.478 e. The first-order valence-electron chi connectivity index (χ1n) is 3.32. The fourth-order valence-corrected chi connectivity index (χ4v) is 0.736. The number of carboxylic acids is 1. The van der Waals surface area contributed by atoms with Crippen molar-refractivity contribution in [3.8, 4) is 0 Å². The van der Waals surface area contributed by atoms with E-state index in [0.29, 0.717) is 0 Å². The molecule has 0 aromatic heterocycles. The highest BCUT2D eigenvalue weighted by molar-refractivity contribution is 5.87. The summed E-state index contributed by atoms with van der Waals surface area (Å²) >= 11 is 0. The first-order valence-corrected chi connectivity index (χ1v) is 3.32. The molecule has 0 saturated heterocycles. The number of aliphatic hydroxyl groups excluding tert-OH is 2. The van der Waals surface area contributed by atoms with Crippen molar-refractivity contribution in [2.75, 3.05) is 6.61 Å². The van der Waals surface area contributed by atoms with E-state index in [-0.39, 0.29) is 18.6 Å². The summed E-state index contributed by atoms with van der Waals surface area (Å²) in [6, 6.07) is 0. The third-order valence-corrected chi connectivity index (χ3v) is 1.32. The van der Waals surface area contributed by atoms with Crippen LogP contribution in [0.25, 0.3) is 0 Å². The van der Waals surface area contributed by atoms with Crippen LogP contribution in [0.15, 0.2) is 11.6 Å². The Balaban J connectivity index is 4.16. The van der Waals surface area contributed by atoms with Gasteiger partial charge in [-0.25, -0.2) is 4.79 Å². The lowest BCUT2D eigenvalue weighted by Crippen LogP contribution is -2.18. The molecule has 4 heteroatoms. The molecule has 0 heterocycles. The summed E-state index contributed by atoms with van der Waals surface area (Å²) < 4.78 is 0. The van der Waals surface area contributed by atoms with Gasteiger partial charge in [0.15, 0.2) is 0 Å². The highest BCUT2D eigenvalue weighted by atomic mass is 16.4. The Morgan fingerprint density at radius 2 is 2.18 bits per heavy atom. The molecule has 0 saturated carbocycles. The molecule has 0 spiro atoms. The van der Waals surface area contributed by atoms with Gasteiger partial charge >= 0.3 is 5.97 Å². The number of aliphatic hydroxyl groups is 2. The average molecular weight is 160 g/mol. The normalized spacial score (nSPS) is 14.6. The fraction of sp³-hybridized carbons (Fsp3) is 0.571. The van der Waals surface area contributed by atoms with E-state index in [1.54, 1.807) is 0 Å². The van der Waals surface area contributed by atoms with E-state index >= 15 is 0 Å². The second kappa shape index (κ2) is 4.87. The van der Waals surface area contributed by atoms with E-state index in [1.165, 1.54) is 13.0 Å². The van der Waals surface area contributed by atoms with E-state index in [1.807, 2.05) is 0 Å². The number of carbonyl (C=O) groups is 1. The van der Waals surface area contributed by atoms with Gasteiger partial charge < -0.3 is 15.3 Å². The molecule has 1 atom stereocenters. The van der Waals surface area contributed by atoms with E-state index in [2.05, 4.69) is 0 Å². The van der Waals surface area contributed by atoms with Crippen LogP contribution in [0.5, 0.6) is 0 Å². The minimum absolute atomic E-state index is 0.0615. The van der Waals surface area contributed by atoms with Gasteiger partial charge in [-0.1, -0.05) is 6.08 Å². The van der Waals surface area contributed by atoms with Crippen molar-refractivity contribution < 1.29 is 20.1 Å². The molecule has 64 valence electrons. The summed E-state index contributed by atoms with van der Waals surface area (Å²) in [6.07, 6.45) is 0.316. The monoisotopic (exact) mass is 160 g/mol. The van der Waals surface area contributed by atoms with Crippen LogP contribution in [0.4, 0.5) is 0 Å². The van der Waals surface area contributed by atoms with Crippen molar-refractivity contribution >= 4 is 5.97 Å². The lowest BCUT2D eigenvalue weighted by Gasteiger charge is -2.08. The van der Waals surface area contributed by atoms with Crippen LogP contribution in [0.1, 0.15) is 13.3 Å². The molecule has 1 unspecified atom stereocenters. The smallest absolute Gasteiger partial charge is 0.333 e. The van der Waals surface area contributed by atoms with Crippen LogP contribution in [0.3, 0.4) is 0 Å². The molecule has 0 fully saturated rings. The van der Waals surface area contributed by atoms with Crippen LogP contribution in [0.2, 0.25) is 0 Å². The molecule has 0 amide bonds. The summed E-state index contributed by atoms with van der Waals surface area (Å²) in [7, 11) is 0. The number of rotatable bonds is 4. The molecule has 4 nitrogen and oxygen atoms in total. The van der Waals surface area contributed by atoms with Gasteiger partial charge in [-0.3, -0.25) is 0 Å². The first-order chi connectivity index (χ1) is 5.13. The topological polar surface area (TPSA) is 77.8 Å². The standard InChI is InChI=1S/C7H12O4/c1-2-5(7(10)11)6(9)3-4-8/h2,6,8-9H,3-4H2,1H3,(H,10,11). The van der Waals surface area contributed by atoms with Gasteiger partial charge in [0.1, 0.15) is 0 Å². The molecule has 0 aromatic rings. The molecule has 0 aliphatic heterocycles. The first kappa shape index (κ1) is 10.1. The molecule has 3 N–H and O–H groups in total. The zero-order valence-corrected chi connectivity index (χ0v) is 6.32. The number of aliphatic carboxylic acids is 1. The van der Waals surface area contributed by atoms with E-state index in [9.17, 15) is 4.79 Å². The highest BCUT2D eigenvalue weighted by Gasteiger charge is 2.15. The second-order valence-corrected chi connectivity index (χ2v) is 2.08. The van der Waals surface area contributed by atoms with Crippen molar-refractivity contribution in [3.05, 3.63) is 11.6 Å². The molecule has 0 radical (unpaired) electrons. The van der Waals surface area contributed by atoms with Gasteiger partial charge in [0.05, 0.1) is 11.7 Å². The van der Waals surface area contributed by atoms with Crippen LogP contribution in [-0.2, 0) is 4.79 Å². The van der Waals surface area contributed by atoms with Gasteiger partial charge in [0.25, 0.3) is 0 Å². The Morgan fingerprint density at radius 3 is 2.45 bits per heavy atom. The van der Waals surface area contributed by atoms with Crippen LogP contribution >= 0.6 is 0 Å². The minimum atomic E-state index is -1.14. The molecular formula is C7H12O4. The van der Waals surface area contributed by atoms with E-state index in [4.69, 9.17) is 15.3 Å². The van der Waals surface area contributed by atoms with Gasteiger partial charge in [0, 0.05) is 13.0 Å². The van der Waals surface area contributed by atoms with Crippen molar-refractivity contribution in [2.45, 2.75) is 19.4 Å². The quantitative estimate of drug-likeness (QED) is 0.496. The third-order valence-electron chi connectivity index (χ3n) is 1.32. The SMILES string of the molecule is CC=C(C(=O)O)C(O)CCO. The Morgan fingerprint density at radius 1 is 1.64 bits per heavy atom. The number of hydrogen-bond acceptors (Lipinski definition) is 3. The maximum atomic E-state index is 10.3. The Labute approximate surface area is 64.8 Å². The average Bonchev–Trinajstić information content (AvgIpc) is 1.88. The van der Waals surface area contributed by atoms with Crippen molar-refractivity contribution in [1.29, 1.82) is 0 Å². The molecule has 0 rings (SSSR count). The molecule has 0 aliphatic carbocycles.